The van der Waals surface area contributed by atoms with E-state index in [0.29, 0.717) is 0 Å². The van der Waals surface area contributed by atoms with Crippen LogP contribution in [0.4, 0.5) is 0 Å². The van der Waals surface area contributed by atoms with Gasteiger partial charge in [-0.05, 0) is 0 Å². The molecule has 0 unspecified atom stereocenters. The molecule has 0 saturated carbocycles. The van der Waals surface area contributed by atoms with Crippen LogP contribution >= 0.6 is 0 Å². The van der Waals surface area contributed by atoms with Gasteiger partial charge in [0.25, 0.3) is 0 Å². The van der Waals surface area contributed by atoms with Crippen molar-refractivity contribution in [3.8, 4) is 0 Å². The average Bonchev–Trinajstić information content (AvgIpc) is 0. The normalized spacial score (nSPS) is 0. The van der Waals surface area contributed by atoms with Gasteiger partial charge in [0, 0.05) is 0 Å². The molecule has 0 aliphatic carbocycles. The molecule has 0 rings (SSSR count). The first-order valence-electron chi connectivity index (χ1n) is 0. The second kappa shape index (κ2) is 631. The van der Waals surface area contributed by atoms with E-state index in [1.54, 1.807) is 0 Å². The Balaban J connectivity index is 0. The van der Waals surface area contributed by atoms with Crippen LogP contribution in [0, 0.1) is 0 Å². The fraction of sp³-hybridized carbons (Fsp3) is 0. The molecule has 10 heteroatoms. The van der Waals surface area contributed by atoms with Gasteiger partial charge in [0.2, 0.25) is 0 Å². The maximum Gasteiger partial charge on any atom is 2.00 e. The molecule has 0 fully saturated rings. The van der Waals surface area contributed by atoms with Gasteiger partial charge in [-0.15, -0.1) is 0 Å². The zero-order valence-corrected chi connectivity index (χ0v) is 8.08. The summed E-state index contributed by atoms with van der Waals surface area (Å²) in [7, 11) is 0. The molecule has 0 aliphatic heterocycles. The summed E-state index contributed by atoms with van der Waals surface area (Å²) in [5.41, 5.74) is 0. The molecule has 12 N–H and O–H groups in total. The Morgan fingerprint density at radius 3 is 0.300 bits per heavy atom. The van der Waals surface area contributed by atoms with E-state index in [1.807, 2.05) is 0 Å². The van der Waals surface area contributed by atoms with Crippen LogP contribution in [0.5, 0.6) is 0 Å². The van der Waals surface area contributed by atoms with Gasteiger partial charge in [0.15, 0.2) is 0 Å². The average molecular weight is 266 g/mol. The van der Waals surface area contributed by atoms with Crippen molar-refractivity contribution in [2.45, 2.75) is 0 Å². The van der Waals surface area contributed by atoms with Gasteiger partial charge in [-0.25, -0.2) is 0 Å². The third-order valence-corrected chi connectivity index (χ3v) is 0. The number of halogens is 3. The van der Waals surface area contributed by atoms with Gasteiger partial charge in [0.05, 0.1) is 0 Å². The standard InChI is InChI=1S/3ClH.Cr.6H2O/h3*1H;;6*1H2/q;;;+2;;;;;;/p-3. The monoisotopic (exact) mass is 265 g/mol. The molecule has 0 aromatic heterocycles. The van der Waals surface area contributed by atoms with Crippen molar-refractivity contribution < 1.29 is 87.4 Å². The van der Waals surface area contributed by atoms with Crippen molar-refractivity contribution in [1.29, 1.82) is 0 Å². The summed E-state index contributed by atoms with van der Waals surface area (Å²) in [5, 5.41) is 0. The second-order valence-corrected chi connectivity index (χ2v) is 0. The van der Waals surface area contributed by atoms with E-state index in [-0.39, 0.29) is 87.4 Å². The summed E-state index contributed by atoms with van der Waals surface area (Å²) in [4.78, 5) is 0. The molecular weight excluding hydrogens is 254 g/mol. The molecule has 0 heterocycles. The van der Waals surface area contributed by atoms with E-state index in [2.05, 4.69) is 0 Å². The van der Waals surface area contributed by atoms with E-state index in [1.165, 1.54) is 0 Å². The quantitative estimate of drug-likeness (QED) is 0.402. The summed E-state index contributed by atoms with van der Waals surface area (Å²) in [6, 6.07) is 0. The van der Waals surface area contributed by atoms with Crippen LogP contribution in [-0.4, -0.2) is 32.9 Å². The number of hydrogen-bond donors (Lipinski definition) is 0. The molecule has 0 aliphatic rings. The number of hydrogen-bond acceptors (Lipinski definition) is 0. The third kappa shape index (κ3) is 452. The molecule has 0 bridgehead atoms. The second-order valence-electron chi connectivity index (χ2n) is 0. The van der Waals surface area contributed by atoms with E-state index >= 15 is 0 Å². The summed E-state index contributed by atoms with van der Waals surface area (Å²) in [5.74, 6) is 0. The van der Waals surface area contributed by atoms with E-state index in [0.717, 1.165) is 0 Å². The third-order valence-electron chi connectivity index (χ3n) is 0. The van der Waals surface area contributed by atoms with Crippen molar-refractivity contribution in [2.24, 2.45) is 0 Å². The fourth-order valence-corrected chi connectivity index (χ4v) is 0. The minimum absolute atomic E-state index is 0. The van der Waals surface area contributed by atoms with Crippen LogP contribution in [0.2, 0.25) is 0 Å². The summed E-state index contributed by atoms with van der Waals surface area (Å²) >= 11 is 0. The van der Waals surface area contributed by atoms with Crippen molar-refractivity contribution in [2.75, 3.05) is 0 Å². The smallest absolute Gasteiger partial charge is 1.00 e. The van der Waals surface area contributed by atoms with Crippen LogP contribution < -0.4 is 37.2 Å². The summed E-state index contributed by atoms with van der Waals surface area (Å²) in [6.45, 7) is 0. The van der Waals surface area contributed by atoms with Crippen LogP contribution in [-0.2, 0) is 17.4 Å². The topological polar surface area (TPSA) is 189 Å². The number of rotatable bonds is 0. The van der Waals surface area contributed by atoms with Crippen LogP contribution in [0.15, 0.2) is 0 Å². The first-order chi connectivity index (χ1) is 0. The Morgan fingerprint density at radius 1 is 0.300 bits per heavy atom. The van der Waals surface area contributed by atoms with Crippen LogP contribution in [0.25, 0.3) is 0 Å². The van der Waals surface area contributed by atoms with Crippen LogP contribution in [0.3, 0.4) is 0 Å². The van der Waals surface area contributed by atoms with E-state index in [4.69, 9.17) is 0 Å². The van der Waals surface area contributed by atoms with E-state index in [9.17, 15) is 0 Å². The molecule has 0 aromatic rings. The molecule has 0 radical (unpaired) electrons. The van der Waals surface area contributed by atoms with E-state index < -0.39 is 0 Å². The molecule has 0 saturated heterocycles. The van der Waals surface area contributed by atoms with Gasteiger partial charge in [-0.1, -0.05) is 0 Å². The van der Waals surface area contributed by atoms with Gasteiger partial charge >= 0.3 is 17.4 Å². The molecule has 76 valence electrons. The van der Waals surface area contributed by atoms with Gasteiger partial charge < -0.3 is 70.1 Å². The molecule has 0 amide bonds. The van der Waals surface area contributed by atoms with Gasteiger partial charge in [0.1, 0.15) is 0 Å². The first-order valence-corrected chi connectivity index (χ1v) is 0. The largest absolute Gasteiger partial charge is 2.00 e. The Morgan fingerprint density at radius 2 is 0.300 bits per heavy atom. The summed E-state index contributed by atoms with van der Waals surface area (Å²) in [6.07, 6.45) is 0. The molecule has 6 nitrogen and oxygen atoms in total. The minimum atomic E-state index is 0. The SMILES string of the molecule is O.O.O.O.O.O.[Cl-].[Cl-].[Cl-].[Cr+2]. The molecule has 0 spiro atoms. The molecule has 0 atom stereocenters. The molecule has 10 heavy (non-hydrogen) atoms. The van der Waals surface area contributed by atoms with Crippen molar-refractivity contribution in [3.63, 3.8) is 0 Å². The first kappa shape index (κ1) is 853. The zero-order chi connectivity index (χ0) is 0. The minimum Gasteiger partial charge on any atom is -1.00 e. The Hall–Kier alpha value is 1.16. The van der Waals surface area contributed by atoms with Crippen molar-refractivity contribution in [3.05, 3.63) is 0 Å². The predicted molar refractivity (Wildman–Crippen MR) is 21.7 cm³/mol. The maximum atomic E-state index is 0. The summed E-state index contributed by atoms with van der Waals surface area (Å²) < 4.78 is 0. The Bertz CT molecular complexity index is 13.0. The Labute approximate surface area is 87.6 Å². The van der Waals surface area contributed by atoms with Gasteiger partial charge in [-0.3, -0.25) is 0 Å². The molecule has 0 aromatic carbocycles. The van der Waals surface area contributed by atoms with Crippen LogP contribution in [0.1, 0.15) is 0 Å². The van der Waals surface area contributed by atoms with Gasteiger partial charge in [-0.2, -0.15) is 0 Å². The van der Waals surface area contributed by atoms with Crippen molar-refractivity contribution in [1.82, 2.24) is 0 Å². The predicted octanol–water partition coefficient (Wildman–Crippen LogP) is -13.9. The van der Waals surface area contributed by atoms with Crippen molar-refractivity contribution >= 4 is 0 Å². The zero-order valence-electron chi connectivity index (χ0n) is 4.54. The fourth-order valence-electron chi connectivity index (χ4n) is 0. The maximum absolute atomic E-state index is 0. The Kier molecular flexibility index (Phi) is 53900. The molecular formula is H12Cl3CrO6-.